The molecule has 0 radical (unpaired) electrons. The molecule has 164 valence electrons. The molecule has 0 spiro atoms. The van der Waals surface area contributed by atoms with Gasteiger partial charge in [-0.1, -0.05) is 30.3 Å². The number of aromatic nitrogens is 2. The average Bonchev–Trinajstić information content (AvgIpc) is 2.74. The number of rotatable bonds is 7. The lowest BCUT2D eigenvalue weighted by molar-refractivity contribution is 0.282. The summed E-state index contributed by atoms with van der Waals surface area (Å²) >= 11 is 0. The first kappa shape index (κ1) is 21.4. The molecule has 0 unspecified atom stereocenters. The highest BCUT2D eigenvalue weighted by molar-refractivity contribution is 7.92. The van der Waals surface area contributed by atoms with E-state index in [0.29, 0.717) is 29.3 Å². The molecule has 3 aromatic rings. The van der Waals surface area contributed by atoms with Gasteiger partial charge in [-0.3, -0.25) is 4.72 Å². The number of nitrogens with two attached hydrogens (primary N) is 1. The minimum absolute atomic E-state index is 0.498. The van der Waals surface area contributed by atoms with Crippen LogP contribution >= 0.6 is 0 Å². The summed E-state index contributed by atoms with van der Waals surface area (Å²) in [5.41, 5.74) is 8.68. The molecule has 1 aromatic heterocycles. The molecular formula is C23H29N5O2S. The van der Waals surface area contributed by atoms with Crippen molar-refractivity contribution in [2.75, 3.05) is 28.6 Å². The van der Waals surface area contributed by atoms with Crippen molar-refractivity contribution in [2.45, 2.75) is 32.1 Å². The molecule has 1 aliphatic carbocycles. The smallest absolute Gasteiger partial charge is 0.229 e. The van der Waals surface area contributed by atoms with Crippen LogP contribution in [0.1, 0.15) is 31.2 Å². The molecule has 0 atom stereocenters. The molecule has 1 aliphatic rings. The van der Waals surface area contributed by atoms with Gasteiger partial charge in [0.25, 0.3) is 0 Å². The van der Waals surface area contributed by atoms with Gasteiger partial charge in [0.2, 0.25) is 16.0 Å². The largest absolute Gasteiger partial charge is 0.383 e. The van der Waals surface area contributed by atoms with Gasteiger partial charge in [-0.05, 0) is 67.7 Å². The van der Waals surface area contributed by atoms with Crippen molar-refractivity contribution in [3.05, 3.63) is 54.1 Å². The van der Waals surface area contributed by atoms with Gasteiger partial charge in [0.1, 0.15) is 5.82 Å². The van der Waals surface area contributed by atoms with E-state index in [4.69, 9.17) is 5.73 Å². The normalized spacial score (nSPS) is 19.3. The molecule has 8 heteroatoms. The Kier molecular flexibility index (Phi) is 6.27. The Labute approximate surface area is 183 Å². The molecule has 0 aliphatic heterocycles. The fraction of sp³-hybridized carbons (Fsp3) is 0.391. The monoisotopic (exact) mass is 439 g/mol. The van der Waals surface area contributed by atoms with Gasteiger partial charge in [0, 0.05) is 11.9 Å². The first-order valence-electron chi connectivity index (χ1n) is 10.7. The van der Waals surface area contributed by atoms with Crippen LogP contribution in [0.4, 0.5) is 17.5 Å². The Bertz CT molecular complexity index is 1160. The summed E-state index contributed by atoms with van der Waals surface area (Å²) in [5.74, 6) is 2.21. The number of hydrogen-bond donors (Lipinski definition) is 3. The van der Waals surface area contributed by atoms with E-state index < -0.39 is 10.0 Å². The Hall–Kier alpha value is -2.87. The number of benzene rings is 2. The Morgan fingerprint density at radius 2 is 1.65 bits per heavy atom. The molecule has 2 aromatic carbocycles. The van der Waals surface area contributed by atoms with Crippen LogP contribution in [0, 0.1) is 11.8 Å². The zero-order valence-corrected chi connectivity index (χ0v) is 18.5. The van der Waals surface area contributed by atoms with Gasteiger partial charge < -0.3 is 11.1 Å². The molecule has 1 fully saturated rings. The Morgan fingerprint density at radius 3 is 2.42 bits per heavy atom. The van der Waals surface area contributed by atoms with Crippen LogP contribution in [0.2, 0.25) is 0 Å². The maximum Gasteiger partial charge on any atom is 0.229 e. The van der Waals surface area contributed by atoms with Gasteiger partial charge in [-0.2, -0.15) is 4.98 Å². The molecule has 0 bridgehead atoms. The first-order valence-corrected chi connectivity index (χ1v) is 12.6. The standard InChI is InChI=1S/C23H29N5O2S/c1-31(29,30)28-20-8-4-2-6-18(20)14-16-10-12-17(13-11-16)15-25-23-26-21-9-5-3-7-19(21)22(24)27-23/h2-9,16-17,28H,10-15H2,1H3,(H3,24,25,26,27). The van der Waals surface area contributed by atoms with E-state index in [0.717, 1.165) is 55.1 Å². The number of fused-ring (bicyclic) bond motifs is 1. The second-order valence-electron chi connectivity index (χ2n) is 8.45. The fourth-order valence-electron chi connectivity index (χ4n) is 4.36. The predicted molar refractivity (Wildman–Crippen MR) is 127 cm³/mol. The third-order valence-electron chi connectivity index (χ3n) is 5.97. The molecule has 4 N–H and O–H groups in total. The van der Waals surface area contributed by atoms with Crippen LogP contribution in [0.15, 0.2) is 48.5 Å². The van der Waals surface area contributed by atoms with Crippen LogP contribution in [0.3, 0.4) is 0 Å². The minimum atomic E-state index is -3.28. The second-order valence-corrected chi connectivity index (χ2v) is 10.2. The van der Waals surface area contributed by atoms with E-state index in [1.807, 2.05) is 48.5 Å². The van der Waals surface area contributed by atoms with E-state index in [2.05, 4.69) is 20.0 Å². The average molecular weight is 440 g/mol. The van der Waals surface area contributed by atoms with Crippen molar-refractivity contribution in [2.24, 2.45) is 11.8 Å². The van der Waals surface area contributed by atoms with Crippen LogP contribution in [-0.2, 0) is 16.4 Å². The minimum Gasteiger partial charge on any atom is -0.383 e. The lowest BCUT2D eigenvalue weighted by Crippen LogP contribution is -2.23. The van der Waals surface area contributed by atoms with Crippen molar-refractivity contribution in [1.29, 1.82) is 0 Å². The summed E-state index contributed by atoms with van der Waals surface area (Å²) in [4.78, 5) is 8.97. The number of anilines is 3. The van der Waals surface area contributed by atoms with E-state index in [-0.39, 0.29) is 0 Å². The highest BCUT2D eigenvalue weighted by atomic mass is 32.2. The molecule has 1 saturated carbocycles. The topological polar surface area (TPSA) is 110 Å². The number of nitrogens with one attached hydrogen (secondary N) is 2. The van der Waals surface area contributed by atoms with Crippen molar-refractivity contribution in [3.63, 3.8) is 0 Å². The Morgan fingerprint density at radius 1 is 0.968 bits per heavy atom. The predicted octanol–water partition coefficient (Wildman–Crippen LogP) is 4.04. The second kappa shape index (κ2) is 9.09. The molecule has 4 rings (SSSR count). The van der Waals surface area contributed by atoms with Gasteiger partial charge in [-0.25, -0.2) is 13.4 Å². The van der Waals surface area contributed by atoms with E-state index in [9.17, 15) is 8.42 Å². The van der Waals surface area contributed by atoms with Crippen molar-refractivity contribution < 1.29 is 8.42 Å². The quantitative estimate of drug-likeness (QED) is 0.512. The zero-order chi connectivity index (χ0) is 21.8. The van der Waals surface area contributed by atoms with Crippen molar-refractivity contribution in [1.82, 2.24) is 9.97 Å². The lowest BCUT2D eigenvalue weighted by Gasteiger charge is -2.29. The van der Waals surface area contributed by atoms with E-state index >= 15 is 0 Å². The van der Waals surface area contributed by atoms with Gasteiger partial charge >= 0.3 is 0 Å². The van der Waals surface area contributed by atoms with Crippen molar-refractivity contribution in [3.8, 4) is 0 Å². The highest BCUT2D eigenvalue weighted by Gasteiger charge is 2.22. The third-order valence-corrected chi connectivity index (χ3v) is 6.56. The summed E-state index contributed by atoms with van der Waals surface area (Å²) in [7, 11) is -3.28. The molecule has 0 amide bonds. The number of sulfonamides is 1. The summed E-state index contributed by atoms with van der Waals surface area (Å²) < 4.78 is 25.9. The summed E-state index contributed by atoms with van der Waals surface area (Å²) in [5, 5.41) is 4.24. The maximum atomic E-state index is 11.6. The lowest BCUT2D eigenvalue weighted by atomic mass is 9.79. The number of para-hydroxylation sites is 2. The van der Waals surface area contributed by atoms with Crippen LogP contribution < -0.4 is 15.8 Å². The van der Waals surface area contributed by atoms with E-state index in [1.54, 1.807) is 0 Å². The number of nitrogens with zero attached hydrogens (tertiary/aromatic N) is 2. The fourth-order valence-corrected chi connectivity index (χ4v) is 4.96. The zero-order valence-electron chi connectivity index (χ0n) is 17.7. The number of nitrogen functional groups attached to an aromatic ring is 1. The van der Waals surface area contributed by atoms with Crippen LogP contribution in [0.5, 0.6) is 0 Å². The molecule has 31 heavy (non-hydrogen) atoms. The highest BCUT2D eigenvalue weighted by Crippen LogP contribution is 2.33. The van der Waals surface area contributed by atoms with Gasteiger partial charge in [-0.15, -0.1) is 0 Å². The molecule has 0 saturated heterocycles. The Balaban J connectivity index is 1.31. The summed E-state index contributed by atoms with van der Waals surface area (Å²) in [6.07, 6.45) is 6.59. The van der Waals surface area contributed by atoms with Gasteiger partial charge in [0.05, 0.1) is 17.5 Å². The van der Waals surface area contributed by atoms with Crippen LogP contribution in [0.25, 0.3) is 10.9 Å². The summed E-state index contributed by atoms with van der Waals surface area (Å²) in [6.45, 7) is 0.830. The molecular weight excluding hydrogens is 410 g/mol. The van der Waals surface area contributed by atoms with Crippen molar-refractivity contribution >= 4 is 38.4 Å². The van der Waals surface area contributed by atoms with Crippen LogP contribution in [-0.4, -0.2) is 31.2 Å². The molecule has 7 nitrogen and oxygen atoms in total. The number of hydrogen-bond acceptors (Lipinski definition) is 6. The molecule has 1 heterocycles. The third kappa shape index (κ3) is 5.64. The SMILES string of the molecule is CS(=O)(=O)Nc1ccccc1CC1CCC(CNc2nc(N)c3ccccc3n2)CC1. The first-order chi connectivity index (χ1) is 14.9. The maximum absolute atomic E-state index is 11.6. The van der Waals surface area contributed by atoms with E-state index in [1.165, 1.54) is 6.26 Å². The summed E-state index contributed by atoms with van der Waals surface area (Å²) in [6, 6.07) is 15.4. The van der Waals surface area contributed by atoms with Gasteiger partial charge in [0.15, 0.2) is 0 Å².